The molecule has 0 aromatic heterocycles. The van der Waals surface area contributed by atoms with Crippen molar-refractivity contribution in [3.63, 3.8) is 0 Å². The molecule has 0 bridgehead atoms. The van der Waals surface area contributed by atoms with Gasteiger partial charge in [-0.05, 0) is 23.3 Å². The Morgan fingerprint density at radius 3 is 1.76 bits per heavy atom. The molecule has 0 saturated carbocycles. The summed E-state index contributed by atoms with van der Waals surface area (Å²) in [5, 5.41) is 11.2. The van der Waals surface area contributed by atoms with Crippen molar-refractivity contribution in [3.05, 3.63) is 102 Å². The summed E-state index contributed by atoms with van der Waals surface area (Å²) in [5.74, 6) is -0.312. The summed E-state index contributed by atoms with van der Waals surface area (Å²) in [5.41, 5.74) is 1.31. The smallest absolute Gasteiger partial charge is 0.328 e. The standard InChI is InChI=1S/C29H32N4O3.ClH/c1-30-27(35)29(23-11-5-2-6-12-23,24-13-7-3-8-14-24)33(28(30)36)22-26(34)21-31-17-19-32(20-18-31)25-15-9-4-10-16-25;/h2-16,26,34H,17-22H2,1H3;1H. The van der Waals surface area contributed by atoms with Gasteiger partial charge in [-0.2, -0.15) is 0 Å². The molecule has 3 aromatic carbocycles. The number of piperazine rings is 1. The fourth-order valence-electron chi connectivity index (χ4n) is 5.46. The van der Waals surface area contributed by atoms with Crippen LogP contribution < -0.4 is 4.90 Å². The number of benzene rings is 3. The van der Waals surface area contributed by atoms with Crippen LogP contribution in [0.15, 0.2) is 91.0 Å². The average Bonchev–Trinajstić information content (AvgIpc) is 3.11. The molecule has 0 spiro atoms. The van der Waals surface area contributed by atoms with Crippen LogP contribution in [0.4, 0.5) is 10.5 Å². The summed E-state index contributed by atoms with van der Waals surface area (Å²) in [6, 6.07) is 28.7. The second-order valence-electron chi connectivity index (χ2n) is 9.48. The number of imide groups is 1. The lowest BCUT2D eigenvalue weighted by atomic mass is 9.81. The molecule has 1 atom stereocenters. The first-order valence-corrected chi connectivity index (χ1v) is 12.4. The molecule has 3 aromatic rings. The topological polar surface area (TPSA) is 67.3 Å². The Morgan fingerprint density at radius 1 is 0.757 bits per heavy atom. The molecule has 1 unspecified atom stereocenters. The number of hydrogen-bond donors (Lipinski definition) is 1. The molecule has 194 valence electrons. The highest BCUT2D eigenvalue weighted by Gasteiger charge is 2.58. The molecule has 2 saturated heterocycles. The maximum absolute atomic E-state index is 13.8. The van der Waals surface area contributed by atoms with Gasteiger partial charge in [0, 0.05) is 45.5 Å². The van der Waals surface area contributed by atoms with E-state index in [2.05, 4.69) is 21.9 Å². The molecule has 1 N–H and O–H groups in total. The summed E-state index contributed by atoms with van der Waals surface area (Å²) in [6.45, 7) is 3.88. The zero-order valence-corrected chi connectivity index (χ0v) is 21.8. The van der Waals surface area contributed by atoms with Crippen molar-refractivity contribution in [1.82, 2.24) is 14.7 Å². The van der Waals surface area contributed by atoms with Crippen molar-refractivity contribution in [3.8, 4) is 0 Å². The molecule has 0 radical (unpaired) electrons. The number of para-hydroxylation sites is 1. The lowest BCUT2D eigenvalue weighted by Gasteiger charge is -2.39. The quantitative estimate of drug-likeness (QED) is 0.483. The third-order valence-electron chi connectivity index (χ3n) is 7.28. The molecule has 37 heavy (non-hydrogen) atoms. The molecule has 7 nitrogen and oxygen atoms in total. The van der Waals surface area contributed by atoms with Gasteiger partial charge in [-0.25, -0.2) is 4.79 Å². The highest BCUT2D eigenvalue weighted by molar-refractivity contribution is 6.09. The number of likely N-dealkylation sites (N-methyl/N-ethyl adjacent to an activating group) is 1. The molecule has 3 amide bonds. The highest BCUT2D eigenvalue weighted by Crippen LogP contribution is 2.42. The molecule has 2 heterocycles. The third-order valence-corrected chi connectivity index (χ3v) is 7.28. The third kappa shape index (κ3) is 4.94. The Labute approximate surface area is 224 Å². The van der Waals surface area contributed by atoms with E-state index in [9.17, 15) is 14.7 Å². The van der Waals surface area contributed by atoms with Crippen molar-refractivity contribution in [2.24, 2.45) is 0 Å². The largest absolute Gasteiger partial charge is 0.390 e. The number of urea groups is 1. The predicted octanol–water partition coefficient (Wildman–Crippen LogP) is 3.43. The van der Waals surface area contributed by atoms with Gasteiger partial charge in [0.25, 0.3) is 5.91 Å². The lowest BCUT2D eigenvalue weighted by molar-refractivity contribution is -0.131. The van der Waals surface area contributed by atoms with E-state index in [1.165, 1.54) is 17.6 Å². The number of β-amino-alcohol motifs (C(OH)–C–C–N with tert-alkyl or cyclic N) is 1. The Kier molecular flexibility index (Phi) is 8.17. The summed E-state index contributed by atoms with van der Waals surface area (Å²) in [4.78, 5) is 34.4. The maximum atomic E-state index is 13.8. The van der Waals surface area contributed by atoms with E-state index in [1.807, 2.05) is 78.9 Å². The highest BCUT2D eigenvalue weighted by atomic mass is 35.5. The van der Waals surface area contributed by atoms with E-state index >= 15 is 0 Å². The van der Waals surface area contributed by atoms with Crippen LogP contribution >= 0.6 is 12.4 Å². The first-order chi connectivity index (χ1) is 17.5. The number of carbonyl (C=O) groups is 2. The number of nitrogens with zero attached hydrogens (tertiary/aromatic N) is 4. The molecule has 8 heteroatoms. The second-order valence-corrected chi connectivity index (χ2v) is 9.48. The SMILES string of the molecule is CN1C(=O)N(CC(O)CN2CCN(c3ccccc3)CC2)C(c2ccccc2)(c2ccccc2)C1=O.Cl. The Morgan fingerprint density at radius 2 is 1.24 bits per heavy atom. The molecule has 2 aliphatic rings. The van der Waals surface area contributed by atoms with E-state index < -0.39 is 17.7 Å². The minimum absolute atomic E-state index is 0. The van der Waals surface area contributed by atoms with Crippen molar-refractivity contribution in [1.29, 1.82) is 0 Å². The molecular formula is C29H33ClN4O3. The first-order valence-electron chi connectivity index (χ1n) is 12.4. The predicted molar refractivity (Wildman–Crippen MR) is 147 cm³/mol. The number of aliphatic hydroxyl groups excluding tert-OH is 1. The Hall–Kier alpha value is -3.39. The number of hydrogen-bond acceptors (Lipinski definition) is 5. The van der Waals surface area contributed by atoms with E-state index in [4.69, 9.17) is 0 Å². The number of halogens is 1. The molecule has 5 rings (SSSR count). The normalized spacial score (nSPS) is 18.6. The van der Waals surface area contributed by atoms with E-state index in [0.29, 0.717) is 17.7 Å². The van der Waals surface area contributed by atoms with Gasteiger partial charge in [-0.15, -0.1) is 12.4 Å². The summed E-state index contributed by atoms with van der Waals surface area (Å²) in [7, 11) is 1.51. The summed E-state index contributed by atoms with van der Waals surface area (Å²) < 4.78 is 0. The van der Waals surface area contributed by atoms with Gasteiger partial charge in [0.05, 0.1) is 12.6 Å². The van der Waals surface area contributed by atoms with Gasteiger partial charge in [-0.1, -0.05) is 78.9 Å². The fourth-order valence-corrected chi connectivity index (χ4v) is 5.46. The Balaban J connectivity index is 0.00000320. The molecule has 0 aliphatic carbocycles. The van der Waals surface area contributed by atoms with Crippen LogP contribution in [0.3, 0.4) is 0 Å². The van der Waals surface area contributed by atoms with Gasteiger partial charge >= 0.3 is 6.03 Å². The number of anilines is 1. The van der Waals surface area contributed by atoms with Crippen LogP contribution in [-0.2, 0) is 10.3 Å². The molecule has 2 fully saturated rings. The fraction of sp³-hybridized carbons (Fsp3) is 0.310. The van der Waals surface area contributed by atoms with Crippen molar-refractivity contribution in [2.45, 2.75) is 11.6 Å². The monoisotopic (exact) mass is 520 g/mol. The zero-order valence-electron chi connectivity index (χ0n) is 20.9. The van der Waals surface area contributed by atoms with Crippen molar-refractivity contribution >= 4 is 30.0 Å². The minimum Gasteiger partial charge on any atom is -0.390 e. The second kappa shape index (κ2) is 11.3. The lowest BCUT2D eigenvalue weighted by Crippen LogP contribution is -2.53. The van der Waals surface area contributed by atoms with E-state index in [-0.39, 0.29) is 24.9 Å². The Bertz CT molecular complexity index is 1150. The number of amides is 3. The van der Waals surface area contributed by atoms with E-state index in [0.717, 1.165) is 26.2 Å². The zero-order chi connectivity index (χ0) is 25.1. The van der Waals surface area contributed by atoms with Gasteiger partial charge in [0.2, 0.25) is 0 Å². The van der Waals surface area contributed by atoms with Gasteiger partial charge < -0.3 is 10.0 Å². The van der Waals surface area contributed by atoms with Gasteiger partial charge in [0.15, 0.2) is 5.54 Å². The van der Waals surface area contributed by atoms with Crippen LogP contribution in [0.2, 0.25) is 0 Å². The number of carbonyl (C=O) groups excluding carboxylic acids is 2. The maximum Gasteiger partial charge on any atom is 0.328 e. The number of rotatable bonds is 7. The summed E-state index contributed by atoms with van der Waals surface area (Å²) in [6.07, 6.45) is -0.802. The molecule has 2 aliphatic heterocycles. The van der Waals surface area contributed by atoms with Gasteiger partial charge in [0.1, 0.15) is 0 Å². The van der Waals surface area contributed by atoms with E-state index in [1.54, 1.807) is 4.90 Å². The van der Waals surface area contributed by atoms with Gasteiger partial charge in [-0.3, -0.25) is 19.5 Å². The molecular weight excluding hydrogens is 488 g/mol. The minimum atomic E-state index is -1.32. The van der Waals surface area contributed by atoms with Crippen molar-refractivity contribution in [2.75, 3.05) is 51.2 Å². The van der Waals surface area contributed by atoms with Crippen LogP contribution in [0, 0.1) is 0 Å². The van der Waals surface area contributed by atoms with Crippen LogP contribution in [0.5, 0.6) is 0 Å². The van der Waals surface area contributed by atoms with Crippen LogP contribution in [-0.4, -0.2) is 84.2 Å². The average molecular weight is 521 g/mol. The first kappa shape index (κ1) is 26.7. The number of aliphatic hydroxyl groups is 1. The van der Waals surface area contributed by atoms with Crippen LogP contribution in [0.25, 0.3) is 0 Å². The van der Waals surface area contributed by atoms with Crippen LogP contribution in [0.1, 0.15) is 11.1 Å². The summed E-state index contributed by atoms with van der Waals surface area (Å²) >= 11 is 0. The van der Waals surface area contributed by atoms with Crippen molar-refractivity contribution < 1.29 is 14.7 Å².